The number of hydrogen-bond donors (Lipinski definition) is 0. The van der Waals surface area contributed by atoms with Gasteiger partial charge in [0.05, 0.1) is 0 Å². The van der Waals surface area contributed by atoms with Crippen LogP contribution in [-0.4, -0.2) is 3.78 Å². The fraction of sp³-hybridized carbons (Fsp3) is 0.375. The Morgan fingerprint density at radius 1 is 1.22 bits per heavy atom. The van der Waals surface area contributed by atoms with Crippen LogP contribution < -0.4 is 0 Å². The highest BCUT2D eigenvalue weighted by atomic mass is 79.9. The summed E-state index contributed by atoms with van der Waals surface area (Å²) in [5.74, 6) is 0.328. The van der Waals surface area contributed by atoms with Gasteiger partial charge in [-0.3, -0.25) is 0 Å². The van der Waals surface area contributed by atoms with Crippen LogP contribution >= 0.6 is 27.5 Å². The molecule has 2 rings (SSSR count). The predicted octanol–water partition coefficient (Wildman–Crippen LogP) is 5.78. The first-order chi connectivity index (χ1) is 8.59. The Morgan fingerprint density at radius 3 is 2.44 bits per heavy atom. The smallest absolute Gasteiger partial charge is 0.101 e. The van der Waals surface area contributed by atoms with Crippen molar-refractivity contribution in [2.75, 3.05) is 0 Å². The SMILES string of the molecule is CCC1=CC(c2ccccc2)=CC(CC)C1(Cl)Br. The number of allylic oxidation sites excluding steroid dienone is 4. The first-order valence-corrected chi connectivity index (χ1v) is 7.62. The Labute approximate surface area is 123 Å². The van der Waals surface area contributed by atoms with Gasteiger partial charge < -0.3 is 0 Å². The maximum absolute atomic E-state index is 6.66. The second-order valence-corrected chi connectivity index (χ2v) is 6.95. The van der Waals surface area contributed by atoms with Crippen LogP contribution in [0.1, 0.15) is 32.3 Å². The molecule has 18 heavy (non-hydrogen) atoms. The van der Waals surface area contributed by atoms with Gasteiger partial charge in [0, 0.05) is 5.92 Å². The number of benzene rings is 1. The Kier molecular flexibility index (Phi) is 4.34. The lowest BCUT2D eigenvalue weighted by Gasteiger charge is -2.34. The molecule has 0 saturated heterocycles. The van der Waals surface area contributed by atoms with Gasteiger partial charge in [-0.25, -0.2) is 0 Å². The number of alkyl halides is 2. The second kappa shape index (κ2) is 5.63. The van der Waals surface area contributed by atoms with E-state index in [1.807, 2.05) is 6.07 Å². The highest BCUT2D eigenvalue weighted by Crippen LogP contribution is 2.48. The number of halogens is 2. The molecule has 0 aliphatic heterocycles. The van der Waals surface area contributed by atoms with Gasteiger partial charge in [0.15, 0.2) is 0 Å². The van der Waals surface area contributed by atoms with E-state index in [1.165, 1.54) is 16.7 Å². The van der Waals surface area contributed by atoms with E-state index < -0.39 is 3.78 Å². The van der Waals surface area contributed by atoms with Gasteiger partial charge in [0.2, 0.25) is 0 Å². The summed E-state index contributed by atoms with van der Waals surface area (Å²) in [5, 5.41) is 0. The van der Waals surface area contributed by atoms with Gasteiger partial charge in [-0.2, -0.15) is 0 Å². The van der Waals surface area contributed by atoms with Crippen molar-refractivity contribution in [3.05, 3.63) is 53.6 Å². The molecule has 2 heteroatoms. The van der Waals surface area contributed by atoms with Gasteiger partial charge in [-0.1, -0.05) is 72.3 Å². The standard InChI is InChI=1S/C16H18BrCl/c1-3-14-10-13(12-8-6-5-7-9-12)11-15(4-2)16(14,17)18/h5-11,14H,3-4H2,1-2H3. The topological polar surface area (TPSA) is 0 Å². The molecule has 0 spiro atoms. The third kappa shape index (κ3) is 2.57. The number of rotatable bonds is 3. The van der Waals surface area contributed by atoms with Gasteiger partial charge in [0.1, 0.15) is 3.78 Å². The highest BCUT2D eigenvalue weighted by molar-refractivity contribution is 9.10. The Balaban J connectivity index is 2.44. The van der Waals surface area contributed by atoms with Gasteiger partial charge in [-0.05, 0) is 29.6 Å². The molecule has 2 atom stereocenters. The van der Waals surface area contributed by atoms with E-state index in [0.717, 1.165) is 12.8 Å². The zero-order valence-corrected chi connectivity index (χ0v) is 13.1. The third-order valence-corrected chi connectivity index (χ3v) is 5.15. The van der Waals surface area contributed by atoms with E-state index in [4.69, 9.17) is 11.6 Å². The Morgan fingerprint density at radius 2 is 1.89 bits per heavy atom. The van der Waals surface area contributed by atoms with Crippen LogP contribution in [0.15, 0.2) is 48.1 Å². The Hall–Kier alpha value is -0.530. The summed E-state index contributed by atoms with van der Waals surface area (Å²) in [6.45, 7) is 4.34. The third-order valence-electron chi connectivity index (χ3n) is 3.53. The quantitative estimate of drug-likeness (QED) is 0.618. The van der Waals surface area contributed by atoms with Gasteiger partial charge in [-0.15, -0.1) is 11.6 Å². The minimum absolute atomic E-state index is 0.328. The minimum Gasteiger partial charge on any atom is -0.101 e. The van der Waals surface area contributed by atoms with Crippen LogP contribution in [0.25, 0.3) is 5.57 Å². The summed E-state index contributed by atoms with van der Waals surface area (Å²) >= 11 is 10.4. The monoisotopic (exact) mass is 324 g/mol. The van der Waals surface area contributed by atoms with Crippen molar-refractivity contribution < 1.29 is 0 Å². The van der Waals surface area contributed by atoms with E-state index in [2.05, 4.69) is 66.2 Å². The highest BCUT2D eigenvalue weighted by Gasteiger charge is 2.37. The molecule has 96 valence electrons. The lowest BCUT2D eigenvalue weighted by Crippen LogP contribution is -2.28. The normalized spacial score (nSPS) is 27.7. The molecular formula is C16H18BrCl. The van der Waals surface area contributed by atoms with E-state index in [1.54, 1.807) is 0 Å². The summed E-state index contributed by atoms with van der Waals surface area (Å²) in [6.07, 6.45) is 6.51. The van der Waals surface area contributed by atoms with Crippen molar-refractivity contribution in [3.63, 3.8) is 0 Å². The summed E-state index contributed by atoms with van der Waals surface area (Å²) in [5.41, 5.74) is 3.81. The summed E-state index contributed by atoms with van der Waals surface area (Å²) < 4.78 is -0.408. The zero-order valence-electron chi connectivity index (χ0n) is 10.8. The molecule has 0 fully saturated rings. The zero-order chi connectivity index (χ0) is 13.2. The van der Waals surface area contributed by atoms with Crippen LogP contribution in [0.4, 0.5) is 0 Å². The van der Waals surface area contributed by atoms with E-state index in [9.17, 15) is 0 Å². The maximum Gasteiger partial charge on any atom is 0.127 e. The van der Waals surface area contributed by atoms with Crippen LogP contribution in [0.3, 0.4) is 0 Å². The molecule has 1 aromatic carbocycles. The fourth-order valence-corrected chi connectivity index (χ4v) is 3.67. The molecule has 0 saturated carbocycles. The van der Waals surface area contributed by atoms with Crippen LogP contribution in [0, 0.1) is 5.92 Å². The van der Waals surface area contributed by atoms with Crippen molar-refractivity contribution in [2.24, 2.45) is 5.92 Å². The summed E-state index contributed by atoms with van der Waals surface area (Å²) in [4.78, 5) is 0. The molecule has 0 nitrogen and oxygen atoms in total. The average molecular weight is 326 g/mol. The van der Waals surface area contributed by atoms with Crippen LogP contribution in [0.2, 0.25) is 0 Å². The molecule has 0 aromatic heterocycles. The molecule has 1 aliphatic rings. The second-order valence-electron chi connectivity index (χ2n) is 4.65. The lowest BCUT2D eigenvalue weighted by molar-refractivity contribution is 0.589. The van der Waals surface area contributed by atoms with Crippen LogP contribution in [0.5, 0.6) is 0 Å². The molecule has 0 radical (unpaired) electrons. The lowest BCUT2D eigenvalue weighted by atomic mass is 9.84. The van der Waals surface area contributed by atoms with E-state index in [0.29, 0.717) is 5.92 Å². The molecule has 0 bridgehead atoms. The molecule has 0 N–H and O–H groups in total. The largest absolute Gasteiger partial charge is 0.127 e. The summed E-state index contributed by atoms with van der Waals surface area (Å²) in [7, 11) is 0. The molecule has 1 aliphatic carbocycles. The average Bonchev–Trinajstić information content (AvgIpc) is 2.39. The van der Waals surface area contributed by atoms with Gasteiger partial charge >= 0.3 is 0 Å². The molecular weight excluding hydrogens is 308 g/mol. The molecule has 1 aromatic rings. The predicted molar refractivity (Wildman–Crippen MR) is 84.1 cm³/mol. The van der Waals surface area contributed by atoms with E-state index in [-0.39, 0.29) is 0 Å². The Bertz CT molecular complexity index is 471. The van der Waals surface area contributed by atoms with E-state index >= 15 is 0 Å². The molecule has 0 heterocycles. The van der Waals surface area contributed by atoms with Crippen LogP contribution in [-0.2, 0) is 0 Å². The van der Waals surface area contributed by atoms with Crippen molar-refractivity contribution in [3.8, 4) is 0 Å². The number of hydrogen-bond acceptors (Lipinski definition) is 0. The first-order valence-electron chi connectivity index (χ1n) is 6.45. The van der Waals surface area contributed by atoms with Crippen molar-refractivity contribution in [2.45, 2.75) is 30.5 Å². The fourth-order valence-electron chi connectivity index (χ4n) is 2.41. The van der Waals surface area contributed by atoms with Crippen molar-refractivity contribution in [1.82, 2.24) is 0 Å². The maximum atomic E-state index is 6.66. The minimum atomic E-state index is -0.408. The van der Waals surface area contributed by atoms with Crippen molar-refractivity contribution >= 4 is 33.1 Å². The van der Waals surface area contributed by atoms with Crippen molar-refractivity contribution in [1.29, 1.82) is 0 Å². The molecule has 0 amide bonds. The first kappa shape index (κ1) is 13.9. The molecule has 2 unspecified atom stereocenters. The van der Waals surface area contributed by atoms with Gasteiger partial charge in [0.25, 0.3) is 0 Å². The summed E-state index contributed by atoms with van der Waals surface area (Å²) in [6, 6.07) is 10.5.